The highest BCUT2D eigenvalue weighted by molar-refractivity contribution is 7.15. The molecule has 1 unspecified atom stereocenters. The molecule has 0 radical (unpaired) electrons. The maximum atomic E-state index is 12.1. The second-order valence-corrected chi connectivity index (χ2v) is 6.90. The van der Waals surface area contributed by atoms with Crippen molar-refractivity contribution in [3.05, 3.63) is 33.7 Å². The average molecular weight is 305 g/mol. The predicted octanol–water partition coefficient (Wildman–Crippen LogP) is 1.90. The van der Waals surface area contributed by atoms with E-state index in [0.29, 0.717) is 18.2 Å². The SMILES string of the molecule is COC1C[C@H]2CC[C@@H](C1)N2Cc1cc(=O)n2ccsc2n1. The largest absolute Gasteiger partial charge is 0.381 e. The van der Waals surface area contributed by atoms with Gasteiger partial charge in [-0.15, -0.1) is 11.3 Å². The lowest BCUT2D eigenvalue weighted by Gasteiger charge is -2.38. The van der Waals surface area contributed by atoms with Gasteiger partial charge < -0.3 is 4.74 Å². The van der Waals surface area contributed by atoms with Gasteiger partial charge in [0, 0.05) is 43.4 Å². The van der Waals surface area contributed by atoms with Crippen LogP contribution in [0.15, 0.2) is 22.4 Å². The fourth-order valence-corrected chi connectivity index (χ4v) is 4.57. The van der Waals surface area contributed by atoms with Crippen molar-refractivity contribution in [3.8, 4) is 0 Å². The molecule has 6 heteroatoms. The van der Waals surface area contributed by atoms with Crippen LogP contribution in [0.3, 0.4) is 0 Å². The Morgan fingerprint density at radius 2 is 2.14 bits per heavy atom. The number of hydrogen-bond donors (Lipinski definition) is 0. The van der Waals surface area contributed by atoms with Gasteiger partial charge in [-0.2, -0.15) is 0 Å². The summed E-state index contributed by atoms with van der Waals surface area (Å²) in [6.45, 7) is 0.787. The normalized spacial score (nSPS) is 29.3. The number of piperidine rings is 1. The van der Waals surface area contributed by atoms with Gasteiger partial charge in [-0.25, -0.2) is 4.98 Å². The first-order valence-corrected chi connectivity index (χ1v) is 8.37. The third kappa shape index (κ3) is 2.31. The maximum absolute atomic E-state index is 12.1. The smallest absolute Gasteiger partial charge is 0.258 e. The predicted molar refractivity (Wildman–Crippen MR) is 81.7 cm³/mol. The Morgan fingerprint density at radius 1 is 1.38 bits per heavy atom. The fraction of sp³-hybridized carbons (Fsp3) is 0.600. The number of nitrogens with zero attached hydrogens (tertiary/aromatic N) is 3. The summed E-state index contributed by atoms with van der Waals surface area (Å²) in [7, 11) is 1.81. The molecule has 0 saturated carbocycles. The molecule has 5 nitrogen and oxygen atoms in total. The van der Waals surface area contributed by atoms with Crippen LogP contribution < -0.4 is 5.56 Å². The van der Waals surface area contributed by atoms with Crippen molar-refractivity contribution >= 4 is 16.3 Å². The van der Waals surface area contributed by atoms with Crippen molar-refractivity contribution in [3.63, 3.8) is 0 Å². The van der Waals surface area contributed by atoms with Crippen LogP contribution in [0.4, 0.5) is 0 Å². The molecular weight excluding hydrogens is 286 g/mol. The van der Waals surface area contributed by atoms with Crippen molar-refractivity contribution in [2.75, 3.05) is 7.11 Å². The molecule has 2 aliphatic rings. The molecule has 4 heterocycles. The monoisotopic (exact) mass is 305 g/mol. The summed E-state index contributed by atoms with van der Waals surface area (Å²) in [4.78, 5) is 20.0. The second-order valence-electron chi connectivity index (χ2n) is 6.03. The van der Waals surface area contributed by atoms with Crippen molar-refractivity contribution in [1.82, 2.24) is 14.3 Å². The van der Waals surface area contributed by atoms with E-state index in [0.717, 1.165) is 30.0 Å². The van der Waals surface area contributed by atoms with Gasteiger partial charge in [0.1, 0.15) is 0 Å². The minimum absolute atomic E-state index is 0.0235. The molecule has 21 heavy (non-hydrogen) atoms. The van der Waals surface area contributed by atoms with E-state index in [1.165, 1.54) is 24.2 Å². The number of aromatic nitrogens is 2. The summed E-state index contributed by atoms with van der Waals surface area (Å²) >= 11 is 1.51. The molecule has 2 aromatic rings. The van der Waals surface area contributed by atoms with E-state index >= 15 is 0 Å². The highest BCUT2D eigenvalue weighted by Gasteiger charge is 2.40. The molecule has 2 aromatic heterocycles. The molecule has 3 atom stereocenters. The zero-order valence-corrected chi connectivity index (χ0v) is 12.9. The van der Waals surface area contributed by atoms with Gasteiger partial charge in [-0.1, -0.05) is 0 Å². The summed E-state index contributed by atoms with van der Waals surface area (Å²) < 4.78 is 7.15. The van der Waals surface area contributed by atoms with Crippen molar-refractivity contribution in [1.29, 1.82) is 0 Å². The van der Waals surface area contributed by atoms with E-state index in [1.54, 1.807) is 16.7 Å². The minimum atomic E-state index is 0.0235. The van der Waals surface area contributed by atoms with Crippen molar-refractivity contribution < 1.29 is 4.74 Å². The van der Waals surface area contributed by atoms with Gasteiger partial charge >= 0.3 is 0 Å². The molecule has 4 rings (SSSR count). The Balaban J connectivity index is 1.59. The molecule has 0 N–H and O–H groups in total. The number of methoxy groups -OCH3 is 1. The van der Waals surface area contributed by atoms with Gasteiger partial charge in [-0.05, 0) is 25.7 Å². The summed E-state index contributed by atoms with van der Waals surface area (Å²) in [6.07, 6.45) is 6.88. The van der Waals surface area contributed by atoms with Crippen LogP contribution in [0.1, 0.15) is 31.4 Å². The Labute approximate surface area is 127 Å². The lowest BCUT2D eigenvalue weighted by atomic mass is 9.99. The maximum Gasteiger partial charge on any atom is 0.258 e. The molecular formula is C15H19N3O2S. The van der Waals surface area contributed by atoms with E-state index < -0.39 is 0 Å². The van der Waals surface area contributed by atoms with Crippen LogP contribution in [0.2, 0.25) is 0 Å². The van der Waals surface area contributed by atoms with E-state index in [1.807, 2.05) is 12.5 Å². The molecule has 0 amide bonds. The standard InChI is InChI=1S/C15H19N3O2S/c1-20-13-7-11-2-3-12(8-13)18(11)9-10-6-14(19)17-4-5-21-15(17)16-10/h4-6,11-13H,2-3,7-9H2,1H3/t11-,12+,13?. The lowest BCUT2D eigenvalue weighted by molar-refractivity contribution is 0.00207. The van der Waals surface area contributed by atoms with Gasteiger partial charge in [0.25, 0.3) is 5.56 Å². The zero-order valence-electron chi connectivity index (χ0n) is 12.1. The number of fused-ring (bicyclic) bond motifs is 3. The summed E-state index contributed by atoms with van der Waals surface area (Å²) in [5, 5.41) is 1.90. The van der Waals surface area contributed by atoms with Gasteiger partial charge in [0.05, 0.1) is 11.8 Å². The van der Waals surface area contributed by atoms with Crippen molar-refractivity contribution in [2.24, 2.45) is 0 Å². The van der Waals surface area contributed by atoms with Gasteiger partial charge in [-0.3, -0.25) is 14.1 Å². The van der Waals surface area contributed by atoms with E-state index in [2.05, 4.69) is 9.88 Å². The van der Waals surface area contributed by atoms with Gasteiger partial charge in [0.15, 0.2) is 4.96 Å². The highest BCUT2D eigenvalue weighted by atomic mass is 32.1. The summed E-state index contributed by atoms with van der Waals surface area (Å²) in [5.74, 6) is 0. The number of ether oxygens (including phenoxy) is 1. The molecule has 2 fully saturated rings. The molecule has 0 spiro atoms. The quantitative estimate of drug-likeness (QED) is 0.869. The molecule has 2 aliphatic heterocycles. The van der Waals surface area contributed by atoms with Crippen LogP contribution in [0, 0.1) is 0 Å². The third-order valence-electron chi connectivity index (χ3n) is 4.88. The van der Waals surface area contributed by atoms with Crippen LogP contribution in [0.25, 0.3) is 4.96 Å². The first-order valence-electron chi connectivity index (χ1n) is 7.49. The number of hydrogen-bond acceptors (Lipinski definition) is 5. The Hall–Kier alpha value is -1.24. The van der Waals surface area contributed by atoms with Gasteiger partial charge in [0.2, 0.25) is 0 Å². The number of thiazole rings is 1. The van der Waals surface area contributed by atoms with E-state index in [9.17, 15) is 4.79 Å². The van der Waals surface area contributed by atoms with E-state index in [-0.39, 0.29) is 5.56 Å². The second kappa shape index (κ2) is 5.19. The minimum Gasteiger partial charge on any atom is -0.381 e. The summed E-state index contributed by atoms with van der Waals surface area (Å²) in [6, 6.07) is 2.84. The molecule has 0 aliphatic carbocycles. The first kappa shape index (κ1) is 13.4. The fourth-order valence-electron chi connectivity index (χ4n) is 3.83. The van der Waals surface area contributed by atoms with Crippen molar-refractivity contribution in [2.45, 2.75) is 50.4 Å². The Bertz CT molecular complexity index is 696. The Morgan fingerprint density at radius 3 is 2.86 bits per heavy atom. The third-order valence-corrected chi connectivity index (χ3v) is 5.63. The lowest BCUT2D eigenvalue weighted by Crippen LogP contribution is -2.44. The average Bonchev–Trinajstić information content (AvgIpc) is 3.02. The van der Waals surface area contributed by atoms with Crippen LogP contribution in [-0.4, -0.2) is 39.6 Å². The topological polar surface area (TPSA) is 46.8 Å². The Kier molecular flexibility index (Phi) is 3.32. The van der Waals surface area contributed by atoms with Crippen LogP contribution in [-0.2, 0) is 11.3 Å². The van der Waals surface area contributed by atoms with Crippen LogP contribution >= 0.6 is 11.3 Å². The molecule has 2 saturated heterocycles. The van der Waals surface area contributed by atoms with E-state index in [4.69, 9.17) is 4.74 Å². The molecule has 0 aromatic carbocycles. The number of rotatable bonds is 3. The first-order chi connectivity index (χ1) is 10.2. The zero-order chi connectivity index (χ0) is 14.4. The molecule has 2 bridgehead atoms. The highest BCUT2D eigenvalue weighted by Crippen LogP contribution is 2.37. The molecule has 112 valence electrons. The summed E-state index contributed by atoms with van der Waals surface area (Å²) in [5.41, 5.74) is 0.922. The van der Waals surface area contributed by atoms with Crippen LogP contribution in [0.5, 0.6) is 0 Å².